The Hall–Kier alpha value is -4.13. The van der Waals surface area contributed by atoms with E-state index in [1.165, 1.54) is 0 Å². The first kappa shape index (κ1) is 23.5. The zero-order valence-corrected chi connectivity index (χ0v) is 18.6. The molecule has 0 spiro atoms. The summed E-state index contributed by atoms with van der Waals surface area (Å²) in [5, 5.41) is 5.43. The Labute approximate surface area is 192 Å². The van der Waals surface area contributed by atoms with E-state index in [0.717, 1.165) is 16.9 Å². The van der Waals surface area contributed by atoms with Gasteiger partial charge >= 0.3 is 5.97 Å². The van der Waals surface area contributed by atoms with Gasteiger partial charge in [-0.2, -0.15) is 0 Å². The summed E-state index contributed by atoms with van der Waals surface area (Å²) < 4.78 is 10.7. The zero-order valence-electron chi connectivity index (χ0n) is 18.6. The molecular formula is C26H26N2O5. The highest BCUT2D eigenvalue weighted by molar-refractivity contribution is 5.94. The van der Waals surface area contributed by atoms with Crippen LogP contribution in [0.3, 0.4) is 0 Å². The lowest BCUT2D eigenvalue weighted by atomic mass is 10.1. The number of amides is 2. The van der Waals surface area contributed by atoms with Crippen molar-refractivity contribution in [1.82, 2.24) is 0 Å². The van der Waals surface area contributed by atoms with E-state index < -0.39 is 18.5 Å². The Morgan fingerprint density at radius 2 is 1.45 bits per heavy atom. The summed E-state index contributed by atoms with van der Waals surface area (Å²) in [5.74, 6) is -0.0203. The first-order valence-corrected chi connectivity index (χ1v) is 10.5. The second-order valence-corrected chi connectivity index (χ2v) is 7.51. The molecule has 7 nitrogen and oxygen atoms in total. The molecule has 33 heavy (non-hydrogen) atoms. The van der Waals surface area contributed by atoms with Gasteiger partial charge in [-0.05, 0) is 67.4 Å². The van der Waals surface area contributed by atoms with E-state index in [2.05, 4.69) is 10.6 Å². The number of aryl methyl sites for hydroxylation is 2. The molecule has 0 fully saturated rings. The van der Waals surface area contributed by atoms with Crippen LogP contribution in [0.1, 0.15) is 24.0 Å². The largest absolute Gasteiger partial charge is 0.457 e. The highest BCUT2D eigenvalue weighted by atomic mass is 16.5. The van der Waals surface area contributed by atoms with E-state index in [-0.39, 0.29) is 18.7 Å². The standard InChI is InChI=1S/C26H26N2O5/c1-18-8-9-19(2)23(16-18)28-25(30)17-32-26(31)15-14-24(29)27-20-10-12-22(13-11-20)33-21-6-4-3-5-7-21/h3-13,16H,14-15,17H2,1-2H3,(H,27,29)(H,28,30). The Morgan fingerprint density at radius 1 is 0.758 bits per heavy atom. The number of anilines is 2. The lowest BCUT2D eigenvalue weighted by Crippen LogP contribution is -2.22. The van der Waals surface area contributed by atoms with Gasteiger partial charge in [-0.25, -0.2) is 0 Å². The van der Waals surface area contributed by atoms with Gasteiger partial charge in [0.15, 0.2) is 6.61 Å². The van der Waals surface area contributed by atoms with E-state index in [1.807, 2.05) is 62.4 Å². The molecule has 2 amide bonds. The number of benzene rings is 3. The quantitative estimate of drug-likeness (QED) is 0.451. The molecule has 7 heteroatoms. The molecule has 0 unspecified atom stereocenters. The van der Waals surface area contributed by atoms with Crippen LogP contribution in [0.5, 0.6) is 11.5 Å². The SMILES string of the molecule is Cc1ccc(C)c(NC(=O)COC(=O)CCC(=O)Nc2ccc(Oc3ccccc3)cc2)c1. The molecule has 0 bridgehead atoms. The smallest absolute Gasteiger partial charge is 0.306 e. The third kappa shape index (κ3) is 7.81. The second kappa shape index (κ2) is 11.5. The maximum Gasteiger partial charge on any atom is 0.306 e. The van der Waals surface area contributed by atoms with Crippen LogP contribution in [0.25, 0.3) is 0 Å². The Morgan fingerprint density at radius 3 is 2.18 bits per heavy atom. The van der Waals surface area contributed by atoms with E-state index >= 15 is 0 Å². The zero-order chi connectivity index (χ0) is 23.6. The van der Waals surface area contributed by atoms with Gasteiger partial charge in [-0.3, -0.25) is 14.4 Å². The second-order valence-electron chi connectivity index (χ2n) is 7.51. The maximum absolute atomic E-state index is 12.1. The topological polar surface area (TPSA) is 93.7 Å². The van der Waals surface area contributed by atoms with Crippen LogP contribution in [-0.4, -0.2) is 24.4 Å². The normalized spacial score (nSPS) is 10.2. The molecule has 0 saturated carbocycles. The fourth-order valence-corrected chi connectivity index (χ4v) is 2.95. The summed E-state index contributed by atoms with van der Waals surface area (Å²) in [6.45, 7) is 3.40. The minimum atomic E-state index is -0.618. The van der Waals surface area contributed by atoms with Gasteiger partial charge in [0.25, 0.3) is 5.91 Å². The lowest BCUT2D eigenvalue weighted by molar-refractivity contribution is -0.147. The number of carbonyl (C=O) groups is 3. The molecule has 0 radical (unpaired) electrons. The van der Waals surface area contributed by atoms with E-state index in [4.69, 9.17) is 9.47 Å². The maximum atomic E-state index is 12.1. The highest BCUT2D eigenvalue weighted by Gasteiger charge is 2.12. The predicted molar refractivity (Wildman–Crippen MR) is 126 cm³/mol. The molecule has 0 aromatic heterocycles. The lowest BCUT2D eigenvalue weighted by Gasteiger charge is -2.10. The van der Waals surface area contributed by atoms with E-state index in [1.54, 1.807) is 24.3 Å². The fraction of sp³-hybridized carbons (Fsp3) is 0.192. The number of esters is 1. The van der Waals surface area contributed by atoms with Crippen molar-refractivity contribution in [2.45, 2.75) is 26.7 Å². The van der Waals surface area contributed by atoms with Crippen molar-refractivity contribution >= 4 is 29.2 Å². The first-order valence-electron chi connectivity index (χ1n) is 10.5. The summed E-state index contributed by atoms with van der Waals surface area (Å²) in [6, 6.07) is 22.0. The van der Waals surface area contributed by atoms with E-state index in [9.17, 15) is 14.4 Å². The Balaban J connectivity index is 1.37. The van der Waals surface area contributed by atoms with Gasteiger partial charge < -0.3 is 20.1 Å². The summed E-state index contributed by atoms with van der Waals surface area (Å²) in [7, 11) is 0. The third-order valence-electron chi connectivity index (χ3n) is 4.70. The molecule has 170 valence electrons. The van der Waals surface area contributed by atoms with Gasteiger partial charge in [-0.1, -0.05) is 30.3 Å². The molecule has 0 saturated heterocycles. The van der Waals surface area contributed by atoms with Gasteiger partial charge in [-0.15, -0.1) is 0 Å². The number of para-hydroxylation sites is 1. The van der Waals surface area contributed by atoms with Crippen LogP contribution in [0.4, 0.5) is 11.4 Å². The molecule has 0 atom stereocenters. The number of nitrogens with one attached hydrogen (secondary N) is 2. The molecule has 0 aliphatic rings. The third-order valence-corrected chi connectivity index (χ3v) is 4.70. The molecule has 3 rings (SSSR count). The molecule has 0 aliphatic heterocycles. The van der Waals surface area contributed by atoms with Crippen molar-refractivity contribution < 1.29 is 23.9 Å². The predicted octanol–water partition coefficient (Wildman–Crippen LogP) is 5.00. The summed E-state index contributed by atoms with van der Waals surface area (Å²) in [6.07, 6.45) is -0.183. The van der Waals surface area contributed by atoms with Crippen LogP contribution in [0, 0.1) is 13.8 Å². The molecular weight excluding hydrogens is 420 g/mol. The molecule has 3 aromatic carbocycles. The van der Waals surface area contributed by atoms with Crippen LogP contribution in [-0.2, 0) is 19.1 Å². The molecule has 0 aliphatic carbocycles. The Bertz CT molecular complexity index is 1110. The average molecular weight is 447 g/mol. The average Bonchev–Trinajstić information content (AvgIpc) is 2.81. The van der Waals surface area contributed by atoms with Crippen molar-refractivity contribution in [2.75, 3.05) is 17.2 Å². The first-order chi connectivity index (χ1) is 15.9. The minimum Gasteiger partial charge on any atom is -0.457 e. The van der Waals surface area contributed by atoms with Gasteiger partial charge in [0.05, 0.1) is 6.42 Å². The van der Waals surface area contributed by atoms with Crippen molar-refractivity contribution in [2.24, 2.45) is 0 Å². The molecule has 0 heterocycles. The fourth-order valence-electron chi connectivity index (χ4n) is 2.95. The van der Waals surface area contributed by atoms with Crippen molar-refractivity contribution in [1.29, 1.82) is 0 Å². The number of hydrogen-bond acceptors (Lipinski definition) is 5. The van der Waals surface area contributed by atoms with Crippen molar-refractivity contribution in [3.05, 3.63) is 83.9 Å². The van der Waals surface area contributed by atoms with Crippen LogP contribution >= 0.6 is 0 Å². The van der Waals surface area contributed by atoms with Crippen molar-refractivity contribution in [3.63, 3.8) is 0 Å². The monoisotopic (exact) mass is 446 g/mol. The molecule has 2 N–H and O–H groups in total. The van der Waals surface area contributed by atoms with Gasteiger partial charge in [0.1, 0.15) is 11.5 Å². The number of rotatable bonds is 9. The summed E-state index contributed by atoms with van der Waals surface area (Å²) in [5.41, 5.74) is 3.19. The van der Waals surface area contributed by atoms with Crippen LogP contribution in [0.2, 0.25) is 0 Å². The number of carbonyl (C=O) groups excluding carboxylic acids is 3. The summed E-state index contributed by atoms with van der Waals surface area (Å²) >= 11 is 0. The van der Waals surface area contributed by atoms with Crippen LogP contribution in [0.15, 0.2) is 72.8 Å². The minimum absolute atomic E-state index is 0.0558. The Kier molecular flexibility index (Phi) is 8.18. The number of hydrogen-bond donors (Lipinski definition) is 2. The number of ether oxygens (including phenoxy) is 2. The van der Waals surface area contributed by atoms with Crippen LogP contribution < -0.4 is 15.4 Å². The molecule has 3 aromatic rings. The summed E-state index contributed by atoms with van der Waals surface area (Å²) in [4.78, 5) is 36.0. The van der Waals surface area contributed by atoms with Gasteiger partial charge in [0, 0.05) is 17.8 Å². The van der Waals surface area contributed by atoms with Gasteiger partial charge in [0.2, 0.25) is 5.91 Å². The highest BCUT2D eigenvalue weighted by Crippen LogP contribution is 2.22. The van der Waals surface area contributed by atoms with Crippen molar-refractivity contribution in [3.8, 4) is 11.5 Å². The van der Waals surface area contributed by atoms with E-state index in [0.29, 0.717) is 17.1 Å².